The number of nitrogens with zero attached hydrogens (tertiary/aromatic N) is 2. The molecule has 2 rings (SSSR count). The summed E-state index contributed by atoms with van der Waals surface area (Å²) in [4.78, 5) is 24.5. The second kappa shape index (κ2) is 5.69. The maximum atomic E-state index is 12.4. The Bertz CT molecular complexity index is 515. The molecule has 1 aromatic carbocycles. The monoisotopic (exact) mass is 326 g/mol. The zero-order valence-corrected chi connectivity index (χ0v) is 12.2. The van der Waals surface area contributed by atoms with Crippen LogP contribution in [0, 0.1) is 16.0 Å². The Morgan fingerprint density at radius 2 is 2.21 bits per heavy atom. The van der Waals surface area contributed by atoms with E-state index in [0.29, 0.717) is 22.5 Å². The Balaban J connectivity index is 2.25. The number of carbonyl (C=O) groups is 1. The minimum atomic E-state index is -0.486. The van der Waals surface area contributed by atoms with E-state index < -0.39 is 4.92 Å². The summed E-state index contributed by atoms with van der Waals surface area (Å²) in [5.74, 6) is 0.450. The van der Waals surface area contributed by atoms with Crippen molar-refractivity contribution < 1.29 is 9.72 Å². The summed E-state index contributed by atoms with van der Waals surface area (Å²) in [7, 11) is 0. The van der Waals surface area contributed by atoms with Crippen LogP contribution in [0.1, 0.15) is 30.1 Å². The maximum Gasteiger partial charge on any atom is 0.270 e. The van der Waals surface area contributed by atoms with Crippen LogP contribution < -0.4 is 0 Å². The molecular formula is C13H15BrN2O3. The zero-order valence-electron chi connectivity index (χ0n) is 10.6. The number of non-ortho nitro benzene ring substituents is 1. The van der Waals surface area contributed by atoms with Crippen LogP contribution in [0.2, 0.25) is 0 Å². The highest BCUT2D eigenvalue weighted by molar-refractivity contribution is 9.10. The predicted molar refractivity (Wildman–Crippen MR) is 75.1 cm³/mol. The normalized spacial score (nSPS) is 14.2. The minimum Gasteiger partial charge on any atom is -0.339 e. The third-order valence-electron chi connectivity index (χ3n) is 3.24. The van der Waals surface area contributed by atoms with Crippen molar-refractivity contribution in [2.24, 2.45) is 5.92 Å². The molecule has 1 aliphatic rings. The second-order valence-corrected chi connectivity index (χ2v) is 5.56. The van der Waals surface area contributed by atoms with Crippen LogP contribution in [0.25, 0.3) is 0 Å². The fraction of sp³-hybridized carbons (Fsp3) is 0.462. The lowest BCUT2D eigenvalue weighted by Crippen LogP contribution is -2.33. The quantitative estimate of drug-likeness (QED) is 0.616. The molecule has 0 spiro atoms. The Labute approximate surface area is 119 Å². The zero-order chi connectivity index (χ0) is 14.0. The number of halogens is 1. The van der Waals surface area contributed by atoms with E-state index >= 15 is 0 Å². The number of hydrogen-bond acceptors (Lipinski definition) is 3. The van der Waals surface area contributed by atoms with Crippen molar-refractivity contribution in [3.8, 4) is 0 Å². The molecular weight excluding hydrogens is 312 g/mol. The standard InChI is InChI=1S/C13H15BrN2O3/c1-2-15(8-9-3-4-9)13(17)11-7-10(16(18)19)5-6-12(11)14/h5-7,9H,2-4,8H2,1H3. The van der Waals surface area contributed by atoms with Crippen molar-refractivity contribution in [3.63, 3.8) is 0 Å². The van der Waals surface area contributed by atoms with Crippen molar-refractivity contribution in [2.75, 3.05) is 13.1 Å². The van der Waals surface area contributed by atoms with Gasteiger partial charge in [0.15, 0.2) is 0 Å². The van der Waals surface area contributed by atoms with Gasteiger partial charge in [0.05, 0.1) is 10.5 Å². The summed E-state index contributed by atoms with van der Waals surface area (Å²) in [5, 5.41) is 10.8. The Morgan fingerprint density at radius 1 is 1.53 bits per heavy atom. The number of carbonyl (C=O) groups excluding carboxylic acids is 1. The summed E-state index contributed by atoms with van der Waals surface area (Å²) in [5.41, 5.74) is 0.297. The second-order valence-electron chi connectivity index (χ2n) is 4.71. The first-order valence-corrected chi connectivity index (χ1v) is 7.05. The molecule has 0 saturated heterocycles. The van der Waals surface area contributed by atoms with Crippen LogP contribution in [-0.2, 0) is 0 Å². The van der Waals surface area contributed by atoms with Crippen LogP contribution in [0.5, 0.6) is 0 Å². The fourth-order valence-electron chi connectivity index (χ4n) is 1.93. The lowest BCUT2D eigenvalue weighted by atomic mass is 10.1. The molecule has 0 atom stereocenters. The van der Waals surface area contributed by atoms with Crippen molar-refractivity contribution in [1.82, 2.24) is 4.90 Å². The van der Waals surface area contributed by atoms with Gasteiger partial charge >= 0.3 is 0 Å². The molecule has 19 heavy (non-hydrogen) atoms. The first kappa shape index (κ1) is 14.0. The van der Waals surface area contributed by atoms with Gasteiger partial charge in [-0.05, 0) is 47.7 Å². The van der Waals surface area contributed by atoms with E-state index in [9.17, 15) is 14.9 Å². The highest BCUT2D eigenvalue weighted by Crippen LogP contribution is 2.31. The molecule has 1 amide bonds. The van der Waals surface area contributed by atoms with Crippen molar-refractivity contribution in [3.05, 3.63) is 38.3 Å². The predicted octanol–water partition coefficient (Wildman–Crippen LogP) is 3.23. The van der Waals surface area contributed by atoms with Crippen LogP contribution >= 0.6 is 15.9 Å². The molecule has 1 saturated carbocycles. The van der Waals surface area contributed by atoms with Gasteiger partial charge in [0.2, 0.25) is 0 Å². The first-order valence-electron chi connectivity index (χ1n) is 6.26. The Morgan fingerprint density at radius 3 is 2.74 bits per heavy atom. The van der Waals surface area contributed by atoms with Gasteiger partial charge in [-0.3, -0.25) is 14.9 Å². The van der Waals surface area contributed by atoms with Crippen molar-refractivity contribution in [1.29, 1.82) is 0 Å². The largest absolute Gasteiger partial charge is 0.339 e. The van der Waals surface area contributed by atoms with E-state index in [4.69, 9.17) is 0 Å². The summed E-state index contributed by atoms with van der Waals surface area (Å²) in [6.07, 6.45) is 2.33. The molecule has 0 N–H and O–H groups in total. The number of hydrogen-bond donors (Lipinski definition) is 0. The van der Waals surface area contributed by atoms with Gasteiger partial charge in [-0.15, -0.1) is 0 Å². The third kappa shape index (κ3) is 3.32. The molecule has 0 heterocycles. The SMILES string of the molecule is CCN(CC1CC1)C(=O)c1cc([N+](=O)[O-])ccc1Br. The summed E-state index contributed by atoms with van der Waals surface area (Å²) >= 11 is 3.29. The number of rotatable bonds is 5. The Kier molecular flexibility index (Phi) is 4.19. The average molecular weight is 327 g/mol. The molecule has 0 radical (unpaired) electrons. The van der Waals surface area contributed by atoms with Gasteiger partial charge < -0.3 is 4.90 Å². The summed E-state index contributed by atoms with van der Waals surface area (Å²) in [6, 6.07) is 4.27. The van der Waals surface area contributed by atoms with Gasteiger partial charge in [-0.25, -0.2) is 0 Å². The van der Waals surface area contributed by atoms with Gasteiger partial charge in [0.25, 0.3) is 11.6 Å². The number of amides is 1. The summed E-state index contributed by atoms with van der Waals surface area (Å²) < 4.78 is 0.595. The van der Waals surface area contributed by atoms with Gasteiger partial charge in [-0.2, -0.15) is 0 Å². The van der Waals surface area contributed by atoms with Gasteiger partial charge in [0, 0.05) is 29.7 Å². The topological polar surface area (TPSA) is 63.5 Å². The molecule has 1 aliphatic carbocycles. The molecule has 0 aromatic heterocycles. The molecule has 0 bridgehead atoms. The lowest BCUT2D eigenvalue weighted by molar-refractivity contribution is -0.384. The van der Waals surface area contributed by atoms with E-state index in [1.807, 2.05) is 6.92 Å². The first-order chi connectivity index (χ1) is 9.02. The molecule has 6 heteroatoms. The molecule has 102 valence electrons. The number of nitro benzene ring substituents is 1. The summed E-state index contributed by atoms with van der Waals surface area (Å²) in [6.45, 7) is 3.28. The van der Waals surface area contributed by atoms with Gasteiger partial charge in [-0.1, -0.05) is 0 Å². The molecule has 1 fully saturated rings. The minimum absolute atomic E-state index is 0.0611. The van der Waals surface area contributed by atoms with Crippen molar-refractivity contribution in [2.45, 2.75) is 19.8 Å². The molecule has 5 nitrogen and oxygen atoms in total. The number of nitro groups is 1. The van der Waals surface area contributed by atoms with E-state index in [0.717, 1.165) is 6.54 Å². The van der Waals surface area contributed by atoms with Crippen LogP contribution in [0.15, 0.2) is 22.7 Å². The highest BCUT2D eigenvalue weighted by Gasteiger charge is 2.27. The van der Waals surface area contributed by atoms with Crippen LogP contribution in [0.3, 0.4) is 0 Å². The maximum absolute atomic E-state index is 12.4. The molecule has 0 aliphatic heterocycles. The lowest BCUT2D eigenvalue weighted by Gasteiger charge is -2.21. The molecule has 0 unspecified atom stereocenters. The highest BCUT2D eigenvalue weighted by atomic mass is 79.9. The smallest absolute Gasteiger partial charge is 0.270 e. The fourth-order valence-corrected chi connectivity index (χ4v) is 2.34. The van der Waals surface area contributed by atoms with Crippen LogP contribution in [-0.4, -0.2) is 28.8 Å². The van der Waals surface area contributed by atoms with E-state index in [1.165, 1.54) is 25.0 Å². The third-order valence-corrected chi connectivity index (χ3v) is 3.93. The van der Waals surface area contributed by atoms with Crippen LogP contribution in [0.4, 0.5) is 5.69 Å². The Hall–Kier alpha value is -1.43. The van der Waals surface area contributed by atoms with E-state index in [1.54, 1.807) is 11.0 Å². The van der Waals surface area contributed by atoms with E-state index in [2.05, 4.69) is 15.9 Å². The number of benzene rings is 1. The van der Waals surface area contributed by atoms with Crippen molar-refractivity contribution >= 4 is 27.5 Å². The average Bonchev–Trinajstić information content (AvgIpc) is 3.19. The molecule has 1 aromatic rings. The van der Waals surface area contributed by atoms with E-state index in [-0.39, 0.29) is 11.6 Å². The van der Waals surface area contributed by atoms with Gasteiger partial charge in [0.1, 0.15) is 0 Å².